The molecule has 1 saturated heterocycles. The lowest BCUT2D eigenvalue weighted by atomic mass is 10.1. The first-order chi connectivity index (χ1) is 11.6. The van der Waals surface area contributed by atoms with Gasteiger partial charge in [-0.3, -0.25) is 14.7 Å². The number of rotatable bonds is 3. The first-order valence-electron chi connectivity index (χ1n) is 8.34. The summed E-state index contributed by atoms with van der Waals surface area (Å²) < 4.78 is 13.5. The maximum absolute atomic E-state index is 13.5. The molecule has 0 N–H and O–H groups in total. The van der Waals surface area contributed by atoms with Crippen LogP contribution in [0.1, 0.15) is 35.3 Å². The fourth-order valence-corrected chi connectivity index (χ4v) is 3.18. The molecule has 24 heavy (non-hydrogen) atoms. The molecule has 0 saturated carbocycles. The Kier molecular flexibility index (Phi) is 5.20. The van der Waals surface area contributed by atoms with Crippen LogP contribution in [0.15, 0.2) is 48.8 Å². The summed E-state index contributed by atoms with van der Waals surface area (Å²) in [7, 11) is 0. The summed E-state index contributed by atoms with van der Waals surface area (Å²) in [6.45, 7) is 5.20. The quantitative estimate of drug-likeness (QED) is 0.869. The van der Waals surface area contributed by atoms with Gasteiger partial charge in [-0.1, -0.05) is 12.1 Å². The van der Waals surface area contributed by atoms with Crippen molar-refractivity contribution in [1.82, 2.24) is 14.8 Å². The van der Waals surface area contributed by atoms with Crippen molar-refractivity contribution < 1.29 is 9.18 Å². The number of halogens is 1. The fraction of sp³-hybridized carbons (Fsp3) is 0.368. The molecule has 2 aromatic rings. The highest BCUT2D eigenvalue weighted by molar-refractivity contribution is 5.94. The van der Waals surface area contributed by atoms with E-state index in [0.717, 1.165) is 31.6 Å². The van der Waals surface area contributed by atoms with Crippen LogP contribution in [0.3, 0.4) is 0 Å². The van der Waals surface area contributed by atoms with Crippen molar-refractivity contribution >= 4 is 5.91 Å². The maximum Gasteiger partial charge on any atom is 0.254 e. The highest BCUT2D eigenvalue weighted by atomic mass is 19.1. The Morgan fingerprint density at radius 3 is 2.67 bits per heavy atom. The molecule has 1 fully saturated rings. The maximum atomic E-state index is 13.5. The third-order valence-electron chi connectivity index (χ3n) is 4.62. The second kappa shape index (κ2) is 7.53. The second-order valence-electron chi connectivity index (χ2n) is 6.15. The van der Waals surface area contributed by atoms with E-state index in [1.54, 1.807) is 36.7 Å². The Balaban J connectivity index is 1.66. The molecule has 4 nitrogen and oxygen atoms in total. The smallest absolute Gasteiger partial charge is 0.254 e. The zero-order valence-electron chi connectivity index (χ0n) is 13.9. The molecule has 1 aliphatic rings. The minimum absolute atomic E-state index is 0.0534. The summed E-state index contributed by atoms with van der Waals surface area (Å²) in [6, 6.07) is 10.4. The van der Waals surface area contributed by atoms with E-state index in [2.05, 4.69) is 16.8 Å². The average molecular weight is 327 g/mol. The van der Waals surface area contributed by atoms with E-state index in [1.165, 1.54) is 6.07 Å². The summed E-state index contributed by atoms with van der Waals surface area (Å²) in [5, 5.41) is 0. The van der Waals surface area contributed by atoms with E-state index in [4.69, 9.17) is 0 Å². The van der Waals surface area contributed by atoms with Crippen molar-refractivity contribution in [3.8, 4) is 0 Å². The lowest BCUT2D eigenvalue weighted by Gasteiger charge is -2.28. The average Bonchev–Trinajstić information content (AvgIpc) is 2.87. The molecule has 0 aliphatic carbocycles. The fourth-order valence-electron chi connectivity index (χ4n) is 3.18. The van der Waals surface area contributed by atoms with Crippen LogP contribution in [0, 0.1) is 5.82 Å². The van der Waals surface area contributed by atoms with Gasteiger partial charge in [-0.15, -0.1) is 0 Å². The van der Waals surface area contributed by atoms with Gasteiger partial charge in [0.25, 0.3) is 5.91 Å². The Morgan fingerprint density at radius 2 is 1.92 bits per heavy atom. The largest absolute Gasteiger partial charge is 0.337 e. The zero-order chi connectivity index (χ0) is 16.9. The molecule has 1 amide bonds. The van der Waals surface area contributed by atoms with Gasteiger partial charge < -0.3 is 4.90 Å². The molecule has 126 valence electrons. The van der Waals surface area contributed by atoms with Gasteiger partial charge in [-0.2, -0.15) is 0 Å². The number of aromatic nitrogens is 1. The molecule has 1 aromatic heterocycles. The first kappa shape index (κ1) is 16.6. The third kappa shape index (κ3) is 3.79. The van der Waals surface area contributed by atoms with Crippen molar-refractivity contribution in [2.45, 2.75) is 19.4 Å². The molecular weight excluding hydrogens is 305 g/mol. The zero-order valence-corrected chi connectivity index (χ0v) is 13.9. The molecule has 5 heteroatoms. The van der Waals surface area contributed by atoms with Crippen LogP contribution < -0.4 is 0 Å². The van der Waals surface area contributed by atoms with Crippen LogP contribution >= 0.6 is 0 Å². The monoisotopic (exact) mass is 327 g/mol. The first-order valence-corrected chi connectivity index (χ1v) is 8.34. The minimum Gasteiger partial charge on any atom is -0.337 e. The van der Waals surface area contributed by atoms with Crippen LogP contribution in [0.5, 0.6) is 0 Å². The second-order valence-corrected chi connectivity index (χ2v) is 6.15. The van der Waals surface area contributed by atoms with Crippen LogP contribution in [-0.2, 0) is 0 Å². The molecule has 3 rings (SSSR count). The van der Waals surface area contributed by atoms with Gasteiger partial charge in [0, 0.05) is 50.2 Å². The highest BCUT2D eigenvalue weighted by Gasteiger charge is 2.23. The highest BCUT2D eigenvalue weighted by Crippen LogP contribution is 2.22. The standard InChI is InChI=1S/C19H22FN3O/c1-15(17-4-2-5-18(20)14-17)22-10-3-11-23(13-12-22)19(24)16-6-8-21-9-7-16/h2,4-9,14-15H,3,10-13H2,1H3/t15-/m1/s1. The minimum atomic E-state index is -0.205. The molecule has 0 radical (unpaired) electrons. The van der Waals surface area contributed by atoms with Gasteiger partial charge in [0.1, 0.15) is 5.82 Å². The Hall–Kier alpha value is -2.27. The van der Waals surface area contributed by atoms with E-state index in [-0.39, 0.29) is 17.8 Å². The van der Waals surface area contributed by atoms with Crippen molar-refractivity contribution in [2.24, 2.45) is 0 Å². The Labute approximate surface area is 141 Å². The molecule has 1 aromatic carbocycles. The lowest BCUT2D eigenvalue weighted by molar-refractivity contribution is 0.0758. The van der Waals surface area contributed by atoms with E-state index >= 15 is 0 Å². The van der Waals surface area contributed by atoms with Crippen molar-refractivity contribution in [2.75, 3.05) is 26.2 Å². The number of pyridine rings is 1. The number of benzene rings is 1. The van der Waals surface area contributed by atoms with E-state index < -0.39 is 0 Å². The van der Waals surface area contributed by atoms with Gasteiger partial charge in [0.05, 0.1) is 0 Å². The Bertz CT molecular complexity index is 692. The van der Waals surface area contributed by atoms with Crippen LogP contribution in [0.2, 0.25) is 0 Å². The summed E-state index contributed by atoms with van der Waals surface area (Å²) in [6.07, 6.45) is 4.20. The Morgan fingerprint density at radius 1 is 1.12 bits per heavy atom. The topological polar surface area (TPSA) is 36.4 Å². The van der Waals surface area contributed by atoms with E-state index in [0.29, 0.717) is 12.1 Å². The van der Waals surface area contributed by atoms with Crippen LogP contribution in [0.25, 0.3) is 0 Å². The van der Waals surface area contributed by atoms with Gasteiger partial charge in [0.2, 0.25) is 0 Å². The molecule has 0 spiro atoms. The van der Waals surface area contributed by atoms with E-state index in [9.17, 15) is 9.18 Å². The van der Waals surface area contributed by atoms with Gasteiger partial charge >= 0.3 is 0 Å². The normalized spacial score (nSPS) is 17.3. The van der Waals surface area contributed by atoms with Gasteiger partial charge in [-0.25, -0.2) is 4.39 Å². The lowest BCUT2D eigenvalue weighted by Crippen LogP contribution is -2.36. The van der Waals surface area contributed by atoms with Crippen LogP contribution in [-0.4, -0.2) is 46.9 Å². The SMILES string of the molecule is C[C@H](c1cccc(F)c1)N1CCCN(C(=O)c2ccncc2)CC1. The number of nitrogens with zero attached hydrogens (tertiary/aromatic N) is 3. The number of hydrogen-bond acceptors (Lipinski definition) is 3. The summed E-state index contributed by atoms with van der Waals surface area (Å²) in [4.78, 5) is 20.7. The molecular formula is C19H22FN3O. The van der Waals surface area contributed by atoms with Crippen molar-refractivity contribution in [3.05, 3.63) is 65.7 Å². The summed E-state index contributed by atoms with van der Waals surface area (Å²) >= 11 is 0. The summed E-state index contributed by atoms with van der Waals surface area (Å²) in [5.41, 5.74) is 1.65. The molecule has 0 unspecified atom stereocenters. The van der Waals surface area contributed by atoms with E-state index in [1.807, 2.05) is 11.0 Å². The summed E-state index contributed by atoms with van der Waals surface area (Å²) in [5.74, 6) is -0.152. The third-order valence-corrected chi connectivity index (χ3v) is 4.62. The molecule has 2 heterocycles. The number of amides is 1. The van der Waals surface area contributed by atoms with Crippen molar-refractivity contribution in [3.63, 3.8) is 0 Å². The van der Waals surface area contributed by atoms with Crippen molar-refractivity contribution in [1.29, 1.82) is 0 Å². The van der Waals surface area contributed by atoms with Gasteiger partial charge in [-0.05, 0) is 43.2 Å². The van der Waals surface area contributed by atoms with Crippen LogP contribution in [0.4, 0.5) is 4.39 Å². The molecule has 1 atom stereocenters. The number of carbonyl (C=O) groups is 1. The number of carbonyl (C=O) groups excluding carboxylic acids is 1. The molecule has 0 bridgehead atoms. The molecule has 1 aliphatic heterocycles. The van der Waals surface area contributed by atoms with Gasteiger partial charge in [0.15, 0.2) is 0 Å². The predicted octanol–water partition coefficient (Wildman–Crippen LogP) is 3.13. The predicted molar refractivity (Wildman–Crippen MR) is 91.1 cm³/mol. The number of hydrogen-bond donors (Lipinski definition) is 0.